The maximum absolute atomic E-state index is 10.7. The monoisotopic (exact) mass is 232 g/mol. The van der Waals surface area contributed by atoms with E-state index in [2.05, 4.69) is 8.58 Å². The van der Waals surface area contributed by atoms with Gasteiger partial charge in [0.1, 0.15) is 29.0 Å². The predicted molar refractivity (Wildman–Crippen MR) is 45.8 cm³/mol. The molecule has 1 unspecified atom stereocenters. The second kappa shape index (κ2) is 6.39. The summed E-state index contributed by atoms with van der Waals surface area (Å²) in [5, 5.41) is -0.515. The predicted octanol–water partition coefficient (Wildman–Crippen LogP) is 1.50. The lowest BCUT2D eigenvalue weighted by Crippen LogP contribution is -2.15. The van der Waals surface area contributed by atoms with Crippen LogP contribution in [0.15, 0.2) is 0 Å². The lowest BCUT2D eigenvalue weighted by Gasteiger charge is -2.04. The molecule has 0 aromatic heterocycles. The highest BCUT2D eigenvalue weighted by molar-refractivity contribution is 8.01. The second-order valence-electron chi connectivity index (χ2n) is 1.80. The fourth-order valence-corrected chi connectivity index (χ4v) is 1.28. The maximum Gasteiger partial charge on any atom is 0.337 e. The summed E-state index contributed by atoms with van der Waals surface area (Å²) < 4.78 is 7.75. The summed E-state index contributed by atoms with van der Waals surface area (Å²) in [4.78, 5) is 21.1. The lowest BCUT2D eigenvalue weighted by atomic mass is 10.5. The summed E-state index contributed by atoms with van der Waals surface area (Å²) in [6.45, 7) is 1.55. The van der Waals surface area contributed by atoms with Crippen molar-refractivity contribution in [3.63, 3.8) is 0 Å². The molecule has 1 atom stereocenters. The molecule has 0 aromatic rings. The molecule has 0 saturated heterocycles. The number of halogens is 2. The molecule has 0 aliphatic carbocycles. The van der Waals surface area contributed by atoms with Gasteiger partial charge in [-0.1, -0.05) is 0 Å². The number of carbonyl (C=O) groups excluding carboxylic acids is 2. The number of carbonyl (C=O) groups is 2. The highest BCUT2D eigenvalue weighted by Crippen LogP contribution is 2.12. The summed E-state index contributed by atoms with van der Waals surface area (Å²) in [6, 6.07) is 0. The van der Waals surface area contributed by atoms with Gasteiger partial charge >= 0.3 is 11.9 Å². The zero-order valence-corrected chi connectivity index (χ0v) is 8.41. The molecular weight excluding hydrogens is 227 g/mol. The van der Waals surface area contributed by atoms with E-state index in [0.29, 0.717) is 0 Å². The van der Waals surface area contributed by atoms with Crippen molar-refractivity contribution in [1.29, 1.82) is 0 Å². The van der Waals surface area contributed by atoms with E-state index in [4.69, 9.17) is 23.7 Å². The smallest absolute Gasteiger partial charge is 0.337 e. The zero-order chi connectivity index (χ0) is 9.56. The molecule has 4 nitrogen and oxygen atoms in total. The molecule has 0 aliphatic heterocycles. The molecule has 0 bridgehead atoms. The first kappa shape index (κ1) is 11.9. The third kappa shape index (κ3) is 4.69. The van der Waals surface area contributed by atoms with E-state index < -0.39 is 17.2 Å². The molecule has 0 N–H and O–H groups in total. The van der Waals surface area contributed by atoms with Crippen LogP contribution in [0.2, 0.25) is 0 Å². The second-order valence-corrected chi connectivity index (χ2v) is 3.44. The molecule has 0 rings (SSSR count). The number of thioether (sulfide) groups is 1. The van der Waals surface area contributed by atoms with E-state index in [-0.39, 0.29) is 5.75 Å². The van der Waals surface area contributed by atoms with Crippen LogP contribution in [0.5, 0.6) is 0 Å². The molecule has 0 fully saturated rings. The fraction of sp³-hybridized carbons (Fsp3) is 0.600. The van der Waals surface area contributed by atoms with Crippen LogP contribution in [0.1, 0.15) is 6.92 Å². The SMILES string of the molecule is CC(SCC(=O)OCl)C(=O)OCl. The largest absolute Gasteiger partial charge is 0.347 e. The van der Waals surface area contributed by atoms with Gasteiger partial charge in [-0.05, 0) is 6.92 Å². The molecule has 0 heterocycles. The summed E-state index contributed by atoms with van der Waals surface area (Å²) in [6.07, 6.45) is 0. The van der Waals surface area contributed by atoms with Crippen LogP contribution in [-0.2, 0) is 18.2 Å². The van der Waals surface area contributed by atoms with Crippen molar-refractivity contribution < 1.29 is 18.2 Å². The van der Waals surface area contributed by atoms with Crippen LogP contribution in [0.3, 0.4) is 0 Å². The van der Waals surface area contributed by atoms with Gasteiger partial charge < -0.3 is 8.58 Å². The minimum atomic E-state index is -0.615. The fourth-order valence-electron chi connectivity index (χ4n) is 0.346. The molecule has 0 spiro atoms. The first-order valence-corrected chi connectivity index (χ1v) is 4.54. The number of hydrogen-bond acceptors (Lipinski definition) is 5. The normalized spacial score (nSPS) is 11.9. The maximum atomic E-state index is 10.7. The third-order valence-corrected chi connectivity index (χ3v) is 2.36. The number of hydrogen-bond donors (Lipinski definition) is 0. The van der Waals surface area contributed by atoms with Crippen LogP contribution in [-0.4, -0.2) is 22.9 Å². The molecule has 70 valence electrons. The van der Waals surface area contributed by atoms with Crippen molar-refractivity contribution in [3.8, 4) is 0 Å². The van der Waals surface area contributed by atoms with Crippen LogP contribution in [0, 0.1) is 0 Å². The molecule has 0 radical (unpaired) electrons. The summed E-state index contributed by atoms with van der Waals surface area (Å²) >= 11 is 10.6. The topological polar surface area (TPSA) is 52.6 Å². The van der Waals surface area contributed by atoms with Crippen LogP contribution in [0.4, 0.5) is 0 Å². The Bertz CT molecular complexity index is 175. The average Bonchev–Trinajstić information content (AvgIpc) is 2.11. The van der Waals surface area contributed by atoms with Crippen LogP contribution < -0.4 is 0 Å². The minimum Gasteiger partial charge on any atom is -0.347 e. The molecule has 0 saturated carbocycles. The van der Waals surface area contributed by atoms with Crippen LogP contribution in [0.25, 0.3) is 0 Å². The summed E-state index contributed by atoms with van der Waals surface area (Å²) in [7, 11) is 0. The van der Waals surface area contributed by atoms with E-state index in [9.17, 15) is 9.59 Å². The molecule has 12 heavy (non-hydrogen) atoms. The molecule has 7 heteroatoms. The Morgan fingerprint density at radius 1 is 1.42 bits per heavy atom. The minimum absolute atomic E-state index is 0.0172. The van der Waals surface area contributed by atoms with Gasteiger partial charge in [-0.3, -0.25) is 0 Å². The van der Waals surface area contributed by atoms with Crippen molar-refractivity contribution in [2.75, 3.05) is 5.75 Å². The first-order chi connectivity index (χ1) is 5.61. The highest BCUT2D eigenvalue weighted by Gasteiger charge is 2.16. The van der Waals surface area contributed by atoms with Crippen LogP contribution >= 0.6 is 35.5 Å². The standard InChI is InChI=1S/C5H6Cl2O4S/c1-3(5(9)11-7)12-2-4(8)10-6/h3H,2H2,1H3. The van der Waals surface area contributed by atoms with Gasteiger partial charge in [-0.2, -0.15) is 0 Å². The van der Waals surface area contributed by atoms with E-state index in [1.807, 2.05) is 0 Å². The van der Waals surface area contributed by atoms with E-state index >= 15 is 0 Å². The van der Waals surface area contributed by atoms with Gasteiger partial charge in [0, 0.05) is 0 Å². The quantitative estimate of drug-likeness (QED) is 0.736. The molecule has 0 aromatic carbocycles. The van der Waals surface area contributed by atoms with Crippen molar-refractivity contribution in [1.82, 2.24) is 0 Å². The van der Waals surface area contributed by atoms with Gasteiger partial charge in [0.2, 0.25) is 0 Å². The summed E-state index contributed by atoms with van der Waals surface area (Å²) in [5.74, 6) is -1.24. The van der Waals surface area contributed by atoms with Gasteiger partial charge in [0.15, 0.2) is 0 Å². The van der Waals surface area contributed by atoms with E-state index in [1.54, 1.807) is 6.92 Å². The highest BCUT2D eigenvalue weighted by atomic mass is 35.5. The molecular formula is C5H6Cl2O4S. The van der Waals surface area contributed by atoms with E-state index in [0.717, 1.165) is 11.8 Å². The average molecular weight is 233 g/mol. The molecule has 0 aliphatic rings. The summed E-state index contributed by atoms with van der Waals surface area (Å²) in [5.41, 5.74) is 0. The zero-order valence-electron chi connectivity index (χ0n) is 6.08. The van der Waals surface area contributed by atoms with Gasteiger partial charge in [-0.25, -0.2) is 9.59 Å². The first-order valence-electron chi connectivity index (χ1n) is 2.87. The Balaban J connectivity index is 3.63. The molecule has 0 amide bonds. The third-order valence-electron chi connectivity index (χ3n) is 0.945. The Kier molecular flexibility index (Phi) is 6.32. The van der Waals surface area contributed by atoms with Gasteiger partial charge in [-0.15, -0.1) is 11.8 Å². The van der Waals surface area contributed by atoms with Crippen molar-refractivity contribution in [2.24, 2.45) is 0 Å². The number of rotatable bonds is 4. The Labute approximate surface area is 83.8 Å². The van der Waals surface area contributed by atoms with Gasteiger partial charge in [0.25, 0.3) is 0 Å². The Hall–Kier alpha value is -0.130. The Morgan fingerprint density at radius 2 is 2.00 bits per heavy atom. The van der Waals surface area contributed by atoms with Crippen molar-refractivity contribution in [2.45, 2.75) is 12.2 Å². The lowest BCUT2D eigenvalue weighted by molar-refractivity contribution is -0.133. The van der Waals surface area contributed by atoms with Gasteiger partial charge in [0.05, 0.1) is 5.75 Å². The van der Waals surface area contributed by atoms with Crippen molar-refractivity contribution >= 4 is 47.4 Å². The van der Waals surface area contributed by atoms with E-state index in [1.165, 1.54) is 0 Å². The Morgan fingerprint density at radius 3 is 2.42 bits per heavy atom. The van der Waals surface area contributed by atoms with Crippen molar-refractivity contribution in [3.05, 3.63) is 0 Å².